The Morgan fingerprint density at radius 1 is 0.825 bits per heavy atom. The summed E-state index contributed by atoms with van der Waals surface area (Å²) in [4.78, 5) is 42.2. The summed E-state index contributed by atoms with van der Waals surface area (Å²) in [6.07, 6.45) is -2.41. The summed E-state index contributed by atoms with van der Waals surface area (Å²) in [5.41, 5.74) is -0.0801. The Hall–Kier alpha value is -1.71. The van der Waals surface area contributed by atoms with Gasteiger partial charge in [0.05, 0.1) is 44.3 Å². The summed E-state index contributed by atoms with van der Waals surface area (Å²) in [5, 5.41) is 4.76. The van der Waals surface area contributed by atoms with Crippen molar-refractivity contribution in [1.82, 2.24) is 5.32 Å². The number of carbonyl (C=O) groups is 2. The highest BCUT2D eigenvalue weighted by molar-refractivity contribution is 7.48. The number of carbonyl (C=O) groups excluding carboxylic acids is 2. The molecule has 0 radical (unpaired) electrons. The van der Waals surface area contributed by atoms with E-state index in [-0.39, 0.29) is 44.2 Å². The van der Waals surface area contributed by atoms with Crippen LogP contribution in [0.2, 0.25) is 0 Å². The van der Waals surface area contributed by atoms with Crippen LogP contribution in [0.15, 0.2) is 24.3 Å². The van der Waals surface area contributed by atoms with Crippen molar-refractivity contribution in [3.63, 3.8) is 0 Å². The number of anilines is 1. The Morgan fingerprint density at radius 3 is 1.93 bits per heavy atom. The highest BCUT2D eigenvalue weighted by Gasteiger charge is 2.34. The first-order chi connectivity index (χ1) is 18.8. The van der Waals surface area contributed by atoms with Crippen LogP contribution in [-0.4, -0.2) is 74.3 Å². The van der Waals surface area contributed by atoms with Gasteiger partial charge in [0, 0.05) is 6.54 Å². The molecule has 230 valence electrons. The van der Waals surface area contributed by atoms with E-state index in [1.54, 1.807) is 27.7 Å². The van der Waals surface area contributed by atoms with Crippen molar-refractivity contribution >= 4 is 41.2 Å². The third-order valence-corrected chi connectivity index (χ3v) is 7.92. The van der Waals surface area contributed by atoms with Gasteiger partial charge in [0.25, 0.3) is 5.91 Å². The van der Waals surface area contributed by atoms with Crippen LogP contribution in [0, 0.1) is 0 Å². The minimum Gasteiger partial charge on any atom is -0.421 e. The highest BCUT2D eigenvalue weighted by Crippen LogP contribution is 2.52. The number of nitrogens with one attached hydrogen (secondary N) is 2. The molecular weight excluding hydrogens is 601 g/mol. The summed E-state index contributed by atoms with van der Waals surface area (Å²) >= 11 is 0. The Bertz CT molecular complexity index is 1060. The Labute approximate surface area is 231 Å². The fourth-order valence-electron chi connectivity index (χ4n) is 2.71. The quantitative estimate of drug-likeness (QED) is 0.118. The van der Waals surface area contributed by atoms with Crippen LogP contribution < -0.4 is 10.6 Å². The zero-order valence-electron chi connectivity index (χ0n) is 22.4. The predicted octanol–water partition coefficient (Wildman–Crippen LogP) is 3.80. The van der Waals surface area contributed by atoms with Gasteiger partial charge in [-0.05, 0) is 39.8 Å². The summed E-state index contributed by atoms with van der Waals surface area (Å²) in [6, 6.07) is 5.71. The molecule has 1 unspecified atom stereocenters. The molecule has 1 atom stereocenters. The second kappa shape index (κ2) is 18.0. The molecule has 0 aliphatic heterocycles. The first kappa shape index (κ1) is 36.3. The average Bonchev–Trinajstić information content (AvgIpc) is 2.85. The van der Waals surface area contributed by atoms with Gasteiger partial charge in [-0.3, -0.25) is 37.3 Å². The van der Waals surface area contributed by atoms with Crippen LogP contribution in [0.4, 0.5) is 10.5 Å². The van der Waals surface area contributed by atoms with E-state index in [4.69, 9.17) is 36.9 Å². The maximum absolute atomic E-state index is 13.0. The third-order valence-electron chi connectivity index (χ3n) is 4.16. The van der Waals surface area contributed by atoms with E-state index in [0.29, 0.717) is 0 Å². The maximum atomic E-state index is 13.0. The van der Waals surface area contributed by atoms with Gasteiger partial charge in [-0.2, -0.15) is 0 Å². The molecule has 4 N–H and O–H groups in total. The van der Waals surface area contributed by atoms with Crippen molar-refractivity contribution in [3.05, 3.63) is 29.8 Å². The lowest BCUT2D eigenvalue weighted by atomic mass is 10.1. The molecule has 0 heterocycles. The van der Waals surface area contributed by atoms with E-state index >= 15 is 0 Å². The lowest BCUT2D eigenvalue weighted by molar-refractivity contribution is 0.0385. The lowest BCUT2D eigenvalue weighted by Gasteiger charge is -2.25. The van der Waals surface area contributed by atoms with E-state index in [9.17, 15) is 23.3 Å². The number of phosphoric ester groups is 3. The molecule has 0 bridgehead atoms. The smallest absolute Gasteiger partial charge is 0.421 e. The van der Waals surface area contributed by atoms with Crippen LogP contribution >= 0.6 is 23.5 Å². The van der Waals surface area contributed by atoms with Gasteiger partial charge in [0.15, 0.2) is 0 Å². The number of phosphoric acid groups is 3. The Kier molecular flexibility index (Phi) is 16.3. The molecule has 1 aromatic carbocycles. The molecule has 0 saturated carbocycles. The van der Waals surface area contributed by atoms with Crippen molar-refractivity contribution in [1.29, 1.82) is 0 Å². The zero-order valence-corrected chi connectivity index (χ0v) is 25.1. The van der Waals surface area contributed by atoms with Crippen molar-refractivity contribution < 1.29 is 69.5 Å². The minimum atomic E-state index is -4.86. The number of para-hydroxylation sites is 1. The molecule has 1 rings (SSSR count). The molecule has 0 aliphatic carbocycles. The van der Waals surface area contributed by atoms with Crippen LogP contribution in [0.5, 0.6) is 0 Å². The van der Waals surface area contributed by atoms with Gasteiger partial charge in [0.2, 0.25) is 6.79 Å². The van der Waals surface area contributed by atoms with Gasteiger partial charge < -0.3 is 19.8 Å². The van der Waals surface area contributed by atoms with Gasteiger partial charge in [-0.1, -0.05) is 12.1 Å². The normalized spacial score (nSPS) is 13.1. The molecule has 17 nitrogen and oxygen atoms in total. The summed E-state index contributed by atoms with van der Waals surface area (Å²) in [7, 11) is -13.0. The number of ether oxygens (including phenoxy) is 1. The molecule has 0 aliphatic rings. The standard InChI is InChI=1S/C20H35N2O15P3/c1-5-31-39(28,32-6-2)35-14-16(37-40(29,33-7-3)34-8-4)13-21-19(23)17-11-9-10-12-18(17)22-20(24)30-15-36-38(25,26)27/h9-12,16H,5-8,13-15H2,1-4H3,(H,21,23)(H,22,24)(H2,25,26,27). The van der Waals surface area contributed by atoms with Gasteiger partial charge in [-0.25, -0.2) is 23.0 Å². The summed E-state index contributed by atoms with van der Waals surface area (Å²) < 4.78 is 76.1. The second-order valence-electron chi connectivity index (χ2n) is 7.14. The van der Waals surface area contributed by atoms with E-state index in [0.717, 1.165) is 0 Å². The largest absolute Gasteiger partial charge is 0.475 e. The van der Waals surface area contributed by atoms with Crippen molar-refractivity contribution in [2.24, 2.45) is 0 Å². The van der Waals surface area contributed by atoms with Crippen molar-refractivity contribution in [2.45, 2.75) is 33.8 Å². The van der Waals surface area contributed by atoms with E-state index < -0.39 is 55.0 Å². The molecule has 2 amide bonds. The molecule has 1 aromatic rings. The Balaban J connectivity index is 3.02. The number of amides is 2. The number of hydrogen-bond acceptors (Lipinski definition) is 13. The van der Waals surface area contributed by atoms with Crippen LogP contribution in [0.1, 0.15) is 38.1 Å². The maximum Gasteiger partial charge on any atom is 0.475 e. The monoisotopic (exact) mass is 636 g/mol. The molecule has 0 spiro atoms. The molecule has 0 saturated heterocycles. The van der Waals surface area contributed by atoms with E-state index in [2.05, 4.69) is 19.9 Å². The Morgan fingerprint density at radius 2 is 1.38 bits per heavy atom. The number of benzene rings is 1. The molecular formula is C20H35N2O15P3. The summed E-state index contributed by atoms with van der Waals surface area (Å²) in [5.74, 6) is -0.739. The third kappa shape index (κ3) is 14.3. The SMILES string of the molecule is CCOP(=O)(OCC)OCC(CNC(=O)c1ccccc1NC(=O)OCOP(=O)(O)O)OP(=O)(OCC)OCC. The zero-order chi connectivity index (χ0) is 30.2. The lowest BCUT2D eigenvalue weighted by Crippen LogP contribution is -2.36. The van der Waals surface area contributed by atoms with Gasteiger partial charge in [-0.15, -0.1) is 0 Å². The van der Waals surface area contributed by atoms with Crippen LogP contribution in [0.3, 0.4) is 0 Å². The summed E-state index contributed by atoms with van der Waals surface area (Å²) in [6.45, 7) is 4.31. The topological polar surface area (TPSA) is 224 Å². The molecule has 20 heteroatoms. The van der Waals surface area contributed by atoms with Gasteiger partial charge in [0.1, 0.15) is 6.10 Å². The van der Waals surface area contributed by atoms with E-state index in [1.165, 1.54) is 24.3 Å². The van der Waals surface area contributed by atoms with Crippen LogP contribution in [-0.2, 0) is 50.1 Å². The van der Waals surface area contributed by atoms with Crippen LogP contribution in [0.25, 0.3) is 0 Å². The fourth-order valence-corrected chi connectivity index (χ4v) is 5.44. The van der Waals surface area contributed by atoms with Crippen molar-refractivity contribution in [2.75, 3.05) is 51.7 Å². The average molecular weight is 636 g/mol. The predicted molar refractivity (Wildman–Crippen MR) is 139 cm³/mol. The number of rotatable bonds is 20. The molecule has 0 aromatic heterocycles. The minimum absolute atomic E-state index is 0.00752. The van der Waals surface area contributed by atoms with Gasteiger partial charge >= 0.3 is 29.6 Å². The fraction of sp³-hybridized carbons (Fsp3) is 0.600. The first-order valence-electron chi connectivity index (χ1n) is 11.9. The van der Waals surface area contributed by atoms with Crippen molar-refractivity contribution in [3.8, 4) is 0 Å². The molecule has 40 heavy (non-hydrogen) atoms. The highest BCUT2D eigenvalue weighted by atomic mass is 31.2. The second-order valence-corrected chi connectivity index (χ2v) is 11.7. The number of hydrogen-bond donors (Lipinski definition) is 4. The molecule has 0 fully saturated rings. The first-order valence-corrected chi connectivity index (χ1v) is 16.4. The van der Waals surface area contributed by atoms with E-state index in [1.807, 2.05) is 0 Å².